The van der Waals surface area contributed by atoms with Gasteiger partial charge in [-0.2, -0.15) is 0 Å². The summed E-state index contributed by atoms with van der Waals surface area (Å²) in [4.78, 5) is 0.431. The maximum absolute atomic E-state index is 5.78. The van der Waals surface area contributed by atoms with Crippen molar-refractivity contribution in [2.45, 2.75) is 19.4 Å². The van der Waals surface area contributed by atoms with Crippen molar-refractivity contribution in [2.24, 2.45) is 11.7 Å². The van der Waals surface area contributed by atoms with Gasteiger partial charge < -0.3 is 15.2 Å². The van der Waals surface area contributed by atoms with Crippen molar-refractivity contribution in [1.29, 1.82) is 0 Å². The molecule has 0 spiro atoms. The first-order valence-electron chi connectivity index (χ1n) is 6.30. The van der Waals surface area contributed by atoms with E-state index < -0.39 is 0 Å². The SMILES string of the molecule is NC(=S)c1ccccc1COCC1CCOCC1. The minimum Gasteiger partial charge on any atom is -0.389 e. The van der Waals surface area contributed by atoms with Crippen LogP contribution < -0.4 is 5.73 Å². The molecule has 0 amide bonds. The van der Waals surface area contributed by atoms with E-state index in [1.807, 2.05) is 24.3 Å². The molecule has 0 saturated carbocycles. The third-order valence-electron chi connectivity index (χ3n) is 3.23. The molecule has 0 unspecified atom stereocenters. The second kappa shape index (κ2) is 6.83. The molecule has 1 fully saturated rings. The number of nitrogens with two attached hydrogens (primary N) is 1. The molecule has 1 heterocycles. The van der Waals surface area contributed by atoms with Gasteiger partial charge in [-0.25, -0.2) is 0 Å². The van der Waals surface area contributed by atoms with Gasteiger partial charge in [-0.1, -0.05) is 36.5 Å². The van der Waals surface area contributed by atoms with Gasteiger partial charge in [-0.05, 0) is 24.3 Å². The monoisotopic (exact) mass is 265 g/mol. The van der Waals surface area contributed by atoms with Crippen molar-refractivity contribution < 1.29 is 9.47 Å². The van der Waals surface area contributed by atoms with Crippen LogP contribution in [0.3, 0.4) is 0 Å². The van der Waals surface area contributed by atoms with E-state index in [2.05, 4.69) is 0 Å². The summed E-state index contributed by atoms with van der Waals surface area (Å²) in [5.74, 6) is 0.621. The Hall–Kier alpha value is -0.970. The van der Waals surface area contributed by atoms with Crippen molar-refractivity contribution in [3.63, 3.8) is 0 Å². The highest BCUT2D eigenvalue weighted by Crippen LogP contribution is 2.16. The molecular formula is C14H19NO2S. The highest BCUT2D eigenvalue weighted by molar-refractivity contribution is 7.80. The van der Waals surface area contributed by atoms with Gasteiger partial charge in [-0.15, -0.1) is 0 Å². The Morgan fingerprint density at radius 1 is 1.33 bits per heavy atom. The van der Waals surface area contributed by atoms with Crippen LogP contribution in [0.15, 0.2) is 24.3 Å². The minimum atomic E-state index is 0.431. The normalized spacial score (nSPS) is 16.7. The van der Waals surface area contributed by atoms with Crippen molar-refractivity contribution in [3.05, 3.63) is 35.4 Å². The molecule has 0 atom stereocenters. The Balaban J connectivity index is 1.84. The van der Waals surface area contributed by atoms with Crippen LogP contribution in [0, 0.1) is 5.92 Å². The lowest BCUT2D eigenvalue weighted by Gasteiger charge is -2.22. The van der Waals surface area contributed by atoms with E-state index in [-0.39, 0.29) is 0 Å². The number of ether oxygens (including phenoxy) is 2. The number of hydrogen-bond donors (Lipinski definition) is 1. The fourth-order valence-corrected chi connectivity index (χ4v) is 2.33. The van der Waals surface area contributed by atoms with Crippen LogP contribution in [0.2, 0.25) is 0 Å². The summed E-state index contributed by atoms with van der Waals surface area (Å²) < 4.78 is 11.1. The number of thiocarbonyl (C=S) groups is 1. The van der Waals surface area contributed by atoms with Gasteiger partial charge >= 0.3 is 0 Å². The highest BCUT2D eigenvalue weighted by atomic mass is 32.1. The number of rotatable bonds is 5. The van der Waals surface area contributed by atoms with Gasteiger partial charge in [0, 0.05) is 18.8 Å². The highest BCUT2D eigenvalue weighted by Gasteiger charge is 2.14. The minimum absolute atomic E-state index is 0.431. The van der Waals surface area contributed by atoms with E-state index >= 15 is 0 Å². The lowest BCUT2D eigenvalue weighted by atomic mass is 10.0. The van der Waals surface area contributed by atoms with E-state index in [1.165, 1.54) is 0 Å². The maximum Gasteiger partial charge on any atom is 0.104 e. The summed E-state index contributed by atoms with van der Waals surface area (Å²) in [5, 5.41) is 0. The summed E-state index contributed by atoms with van der Waals surface area (Å²) in [6.07, 6.45) is 2.19. The lowest BCUT2D eigenvalue weighted by Crippen LogP contribution is -2.20. The van der Waals surface area contributed by atoms with Crippen molar-refractivity contribution in [2.75, 3.05) is 19.8 Å². The molecule has 0 aromatic heterocycles. The third-order valence-corrected chi connectivity index (χ3v) is 3.45. The van der Waals surface area contributed by atoms with E-state index in [1.54, 1.807) is 0 Å². The smallest absolute Gasteiger partial charge is 0.104 e. The molecule has 1 aliphatic rings. The topological polar surface area (TPSA) is 44.5 Å². The van der Waals surface area contributed by atoms with Gasteiger partial charge in [0.05, 0.1) is 13.2 Å². The van der Waals surface area contributed by atoms with Crippen LogP contribution in [0.1, 0.15) is 24.0 Å². The molecule has 0 radical (unpaired) electrons. The van der Waals surface area contributed by atoms with Crippen LogP contribution in [0.25, 0.3) is 0 Å². The molecule has 1 aliphatic heterocycles. The Kier molecular flexibility index (Phi) is 5.11. The molecule has 4 heteroatoms. The number of hydrogen-bond acceptors (Lipinski definition) is 3. The van der Waals surface area contributed by atoms with Gasteiger partial charge in [0.1, 0.15) is 4.99 Å². The van der Waals surface area contributed by atoms with E-state index in [0.29, 0.717) is 17.5 Å². The molecule has 18 heavy (non-hydrogen) atoms. The molecule has 2 rings (SSSR count). The zero-order chi connectivity index (χ0) is 12.8. The predicted molar refractivity (Wildman–Crippen MR) is 75.5 cm³/mol. The Labute approximate surface area is 113 Å². The second-order valence-electron chi connectivity index (χ2n) is 4.59. The van der Waals surface area contributed by atoms with Gasteiger partial charge in [0.25, 0.3) is 0 Å². The molecule has 1 aromatic rings. The zero-order valence-electron chi connectivity index (χ0n) is 10.4. The van der Waals surface area contributed by atoms with Crippen LogP contribution in [-0.4, -0.2) is 24.8 Å². The lowest BCUT2D eigenvalue weighted by molar-refractivity contribution is 0.0157. The molecule has 1 saturated heterocycles. The maximum atomic E-state index is 5.78. The molecule has 1 aromatic carbocycles. The summed E-state index contributed by atoms with van der Waals surface area (Å²) in [7, 11) is 0. The van der Waals surface area contributed by atoms with Crippen LogP contribution in [0.5, 0.6) is 0 Å². The average Bonchev–Trinajstić information content (AvgIpc) is 2.40. The zero-order valence-corrected chi connectivity index (χ0v) is 11.2. The van der Waals surface area contributed by atoms with Crippen LogP contribution >= 0.6 is 12.2 Å². The molecule has 0 aliphatic carbocycles. The van der Waals surface area contributed by atoms with Crippen molar-refractivity contribution >= 4 is 17.2 Å². The molecule has 3 nitrogen and oxygen atoms in total. The predicted octanol–water partition coefficient (Wildman–Crippen LogP) is 2.26. The summed E-state index contributed by atoms with van der Waals surface area (Å²) in [6, 6.07) is 7.87. The van der Waals surface area contributed by atoms with E-state index in [4.69, 9.17) is 27.4 Å². The quantitative estimate of drug-likeness (QED) is 0.829. The number of benzene rings is 1. The summed E-state index contributed by atoms with van der Waals surface area (Å²) >= 11 is 5.03. The van der Waals surface area contributed by atoms with E-state index in [9.17, 15) is 0 Å². The van der Waals surface area contributed by atoms with Gasteiger partial charge in [-0.3, -0.25) is 0 Å². The first-order chi connectivity index (χ1) is 8.77. The van der Waals surface area contributed by atoms with E-state index in [0.717, 1.165) is 43.8 Å². The largest absolute Gasteiger partial charge is 0.389 e. The summed E-state index contributed by atoms with van der Waals surface area (Å²) in [5.41, 5.74) is 7.67. The van der Waals surface area contributed by atoms with Crippen molar-refractivity contribution in [1.82, 2.24) is 0 Å². The molecule has 2 N–H and O–H groups in total. The fourth-order valence-electron chi connectivity index (χ4n) is 2.14. The Bertz CT molecular complexity index is 403. The van der Waals surface area contributed by atoms with Crippen LogP contribution in [0.4, 0.5) is 0 Å². The average molecular weight is 265 g/mol. The standard InChI is InChI=1S/C14H19NO2S/c15-14(18)13-4-2-1-3-12(13)10-17-9-11-5-7-16-8-6-11/h1-4,11H,5-10H2,(H2,15,18). The molecule has 98 valence electrons. The van der Waals surface area contributed by atoms with Gasteiger partial charge in [0.15, 0.2) is 0 Å². The molecule has 0 bridgehead atoms. The van der Waals surface area contributed by atoms with Crippen LogP contribution in [-0.2, 0) is 16.1 Å². The Morgan fingerprint density at radius 2 is 2.06 bits per heavy atom. The van der Waals surface area contributed by atoms with Gasteiger partial charge in [0.2, 0.25) is 0 Å². The Morgan fingerprint density at radius 3 is 2.78 bits per heavy atom. The first kappa shape index (κ1) is 13.5. The van der Waals surface area contributed by atoms with Crippen molar-refractivity contribution in [3.8, 4) is 0 Å². The fraction of sp³-hybridized carbons (Fsp3) is 0.500. The first-order valence-corrected chi connectivity index (χ1v) is 6.71. The molecular weight excluding hydrogens is 246 g/mol. The third kappa shape index (κ3) is 3.77. The summed E-state index contributed by atoms with van der Waals surface area (Å²) in [6.45, 7) is 3.08. The second-order valence-corrected chi connectivity index (χ2v) is 5.03.